The Morgan fingerprint density at radius 3 is 3.24 bits per heavy atom. The highest BCUT2D eigenvalue weighted by Gasteiger charge is 2.23. The molecule has 2 aromatic rings. The Labute approximate surface area is 105 Å². The number of fused-ring (bicyclic) bond motifs is 1. The Morgan fingerprint density at radius 1 is 1.53 bits per heavy atom. The second kappa shape index (κ2) is 4.58. The smallest absolute Gasteiger partial charge is 0.150 e. The summed E-state index contributed by atoms with van der Waals surface area (Å²) < 4.78 is 2.28. The standard InChI is InChI=1S/C12H16N4S/c1-2-10-12-15-14-11(16(12)6-5-13-10)8-9-4-3-7-17-9/h3-4,7,10,13H,2,5-6,8H2,1H3. The average molecular weight is 248 g/mol. The summed E-state index contributed by atoms with van der Waals surface area (Å²) in [7, 11) is 0. The predicted octanol–water partition coefficient (Wildman–Crippen LogP) is 1.98. The maximum atomic E-state index is 4.35. The van der Waals surface area contributed by atoms with Gasteiger partial charge in [-0.3, -0.25) is 0 Å². The summed E-state index contributed by atoms with van der Waals surface area (Å²) in [4.78, 5) is 1.35. The first-order chi connectivity index (χ1) is 8.38. The molecule has 90 valence electrons. The first-order valence-corrected chi connectivity index (χ1v) is 6.94. The van der Waals surface area contributed by atoms with E-state index in [9.17, 15) is 0 Å². The van der Waals surface area contributed by atoms with Gasteiger partial charge in [0, 0.05) is 24.4 Å². The molecule has 1 atom stereocenters. The lowest BCUT2D eigenvalue weighted by molar-refractivity contribution is 0.401. The van der Waals surface area contributed by atoms with E-state index < -0.39 is 0 Å². The number of thiophene rings is 1. The first kappa shape index (κ1) is 10.9. The summed E-state index contributed by atoms with van der Waals surface area (Å²) in [6.45, 7) is 4.18. The van der Waals surface area contributed by atoms with E-state index in [1.807, 2.05) is 0 Å². The van der Waals surface area contributed by atoms with Gasteiger partial charge in [-0.25, -0.2) is 0 Å². The molecule has 0 saturated heterocycles. The highest BCUT2D eigenvalue weighted by molar-refractivity contribution is 7.09. The van der Waals surface area contributed by atoms with Gasteiger partial charge in [0.15, 0.2) is 0 Å². The molecule has 1 N–H and O–H groups in total. The van der Waals surface area contributed by atoms with Gasteiger partial charge in [0.25, 0.3) is 0 Å². The van der Waals surface area contributed by atoms with Gasteiger partial charge in [0.05, 0.1) is 6.04 Å². The van der Waals surface area contributed by atoms with Crippen LogP contribution in [-0.4, -0.2) is 21.3 Å². The van der Waals surface area contributed by atoms with Crippen LogP contribution >= 0.6 is 11.3 Å². The van der Waals surface area contributed by atoms with Crippen molar-refractivity contribution < 1.29 is 0 Å². The molecule has 0 fully saturated rings. The molecule has 17 heavy (non-hydrogen) atoms. The molecule has 1 unspecified atom stereocenters. The normalized spacial score (nSPS) is 19.2. The van der Waals surface area contributed by atoms with E-state index in [4.69, 9.17) is 0 Å². The van der Waals surface area contributed by atoms with Crippen LogP contribution < -0.4 is 5.32 Å². The number of nitrogens with one attached hydrogen (secondary N) is 1. The van der Waals surface area contributed by atoms with Crippen LogP contribution in [0.4, 0.5) is 0 Å². The van der Waals surface area contributed by atoms with Crippen LogP contribution in [0.2, 0.25) is 0 Å². The predicted molar refractivity (Wildman–Crippen MR) is 68.2 cm³/mol. The summed E-state index contributed by atoms with van der Waals surface area (Å²) in [6, 6.07) is 4.61. The third-order valence-corrected chi connectivity index (χ3v) is 4.09. The second-order valence-electron chi connectivity index (χ2n) is 4.30. The molecule has 0 aromatic carbocycles. The highest BCUT2D eigenvalue weighted by Crippen LogP contribution is 2.21. The molecule has 0 amide bonds. The lowest BCUT2D eigenvalue weighted by atomic mass is 10.1. The van der Waals surface area contributed by atoms with E-state index in [1.54, 1.807) is 11.3 Å². The van der Waals surface area contributed by atoms with Crippen molar-refractivity contribution in [3.63, 3.8) is 0 Å². The number of rotatable bonds is 3. The van der Waals surface area contributed by atoms with Crippen LogP contribution in [0.5, 0.6) is 0 Å². The fraction of sp³-hybridized carbons (Fsp3) is 0.500. The van der Waals surface area contributed by atoms with Crippen molar-refractivity contribution in [2.45, 2.75) is 32.4 Å². The Hall–Kier alpha value is -1.20. The van der Waals surface area contributed by atoms with Gasteiger partial charge in [0.2, 0.25) is 0 Å². The number of hydrogen-bond acceptors (Lipinski definition) is 4. The molecule has 0 spiro atoms. The summed E-state index contributed by atoms with van der Waals surface area (Å²) in [5.74, 6) is 2.20. The largest absolute Gasteiger partial charge is 0.312 e. The van der Waals surface area contributed by atoms with E-state index in [1.165, 1.54) is 4.88 Å². The molecular weight excluding hydrogens is 232 g/mol. The lowest BCUT2D eigenvalue weighted by Gasteiger charge is -2.23. The summed E-state index contributed by atoms with van der Waals surface area (Å²) in [5, 5.41) is 14.3. The molecule has 3 heterocycles. The third-order valence-electron chi connectivity index (χ3n) is 3.21. The minimum Gasteiger partial charge on any atom is -0.312 e. The zero-order chi connectivity index (χ0) is 11.7. The van der Waals surface area contributed by atoms with Crippen molar-refractivity contribution in [3.05, 3.63) is 34.0 Å². The van der Waals surface area contributed by atoms with Gasteiger partial charge < -0.3 is 9.88 Å². The van der Waals surface area contributed by atoms with Gasteiger partial charge in [-0.05, 0) is 17.9 Å². The molecule has 3 rings (SSSR count). The van der Waals surface area contributed by atoms with Gasteiger partial charge in [0.1, 0.15) is 11.6 Å². The SMILES string of the molecule is CCC1NCCn2c(Cc3cccs3)nnc21. The Bertz CT molecular complexity index is 489. The van der Waals surface area contributed by atoms with E-state index in [-0.39, 0.29) is 0 Å². The quantitative estimate of drug-likeness (QED) is 0.903. The van der Waals surface area contributed by atoms with Crippen LogP contribution in [0.15, 0.2) is 17.5 Å². The van der Waals surface area contributed by atoms with E-state index in [0.29, 0.717) is 6.04 Å². The van der Waals surface area contributed by atoms with Gasteiger partial charge in [-0.2, -0.15) is 0 Å². The van der Waals surface area contributed by atoms with Crippen LogP contribution in [-0.2, 0) is 13.0 Å². The zero-order valence-corrected chi connectivity index (χ0v) is 10.7. The fourth-order valence-electron chi connectivity index (χ4n) is 2.32. The van der Waals surface area contributed by atoms with Crippen molar-refractivity contribution in [1.82, 2.24) is 20.1 Å². The van der Waals surface area contributed by atoms with Crippen LogP contribution in [0, 0.1) is 0 Å². The van der Waals surface area contributed by atoms with Crippen molar-refractivity contribution >= 4 is 11.3 Å². The monoisotopic (exact) mass is 248 g/mol. The number of aromatic nitrogens is 3. The topological polar surface area (TPSA) is 42.7 Å². The molecule has 0 aliphatic carbocycles. The third kappa shape index (κ3) is 2.00. The molecule has 2 aromatic heterocycles. The Balaban J connectivity index is 1.89. The van der Waals surface area contributed by atoms with E-state index >= 15 is 0 Å². The molecule has 5 heteroatoms. The van der Waals surface area contributed by atoms with E-state index in [2.05, 4.69) is 44.5 Å². The number of hydrogen-bond donors (Lipinski definition) is 1. The second-order valence-corrected chi connectivity index (χ2v) is 5.33. The van der Waals surface area contributed by atoms with Gasteiger partial charge in [-0.1, -0.05) is 13.0 Å². The van der Waals surface area contributed by atoms with Gasteiger partial charge >= 0.3 is 0 Å². The summed E-state index contributed by atoms with van der Waals surface area (Å²) in [6.07, 6.45) is 1.97. The van der Waals surface area contributed by atoms with Crippen LogP contribution in [0.25, 0.3) is 0 Å². The minimum atomic E-state index is 0.369. The highest BCUT2D eigenvalue weighted by atomic mass is 32.1. The molecular formula is C12H16N4S. The van der Waals surface area contributed by atoms with Crippen molar-refractivity contribution in [2.75, 3.05) is 6.54 Å². The summed E-state index contributed by atoms with van der Waals surface area (Å²) in [5.41, 5.74) is 0. The Morgan fingerprint density at radius 2 is 2.47 bits per heavy atom. The van der Waals surface area contributed by atoms with Crippen molar-refractivity contribution in [2.24, 2.45) is 0 Å². The Kier molecular flexibility index (Phi) is 2.94. The van der Waals surface area contributed by atoms with Crippen molar-refractivity contribution in [3.8, 4) is 0 Å². The number of nitrogens with zero attached hydrogens (tertiary/aromatic N) is 3. The molecule has 0 bridgehead atoms. The van der Waals surface area contributed by atoms with Gasteiger partial charge in [-0.15, -0.1) is 21.5 Å². The van der Waals surface area contributed by atoms with E-state index in [0.717, 1.165) is 37.6 Å². The molecule has 0 radical (unpaired) electrons. The molecule has 0 saturated carbocycles. The van der Waals surface area contributed by atoms with Crippen LogP contribution in [0.3, 0.4) is 0 Å². The zero-order valence-electron chi connectivity index (χ0n) is 9.89. The molecule has 4 nitrogen and oxygen atoms in total. The lowest BCUT2D eigenvalue weighted by Crippen LogP contribution is -2.33. The van der Waals surface area contributed by atoms with Crippen LogP contribution in [0.1, 0.15) is 35.9 Å². The minimum absolute atomic E-state index is 0.369. The maximum Gasteiger partial charge on any atom is 0.150 e. The fourth-order valence-corrected chi connectivity index (χ4v) is 3.02. The first-order valence-electron chi connectivity index (χ1n) is 6.06. The maximum absolute atomic E-state index is 4.35. The average Bonchev–Trinajstić information content (AvgIpc) is 2.99. The van der Waals surface area contributed by atoms with Crippen molar-refractivity contribution in [1.29, 1.82) is 0 Å². The molecule has 1 aliphatic rings. The molecule has 1 aliphatic heterocycles. The summed E-state index contributed by atoms with van der Waals surface area (Å²) >= 11 is 1.78.